The van der Waals surface area contributed by atoms with Crippen LogP contribution in [0.4, 0.5) is 13.2 Å². The molecule has 0 aliphatic carbocycles. The van der Waals surface area contributed by atoms with Gasteiger partial charge in [-0.1, -0.05) is 13.0 Å². The number of halogens is 3. The van der Waals surface area contributed by atoms with E-state index < -0.39 is 12.1 Å². The van der Waals surface area contributed by atoms with E-state index in [1.54, 1.807) is 6.07 Å². The minimum Gasteiger partial charge on any atom is -0.310 e. The van der Waals surface area contributed by atoms with Crippen molar-refractivity contribution in [2.75, 3.05) is 19.6 Å². The highest BCUT2D eigenvalue weighted by Gasteiger charge is 2.39. The summed E-state index contributed by atoms with van der Waals surface area (Å²) in [6, 6.07) is 4.36. The summed E-state index contributed by atoms with van der Waals surface area (Å²) >= 11 is 0. The summed E-state index contributed by atoms with van der Waals surface area (Å²) < 4.78 is 40.2. The summed E-state index contributed by atoms with van der Waals surface area (Å²) in [5.74, 6) is 0. The number of alkyl halides is 3. The van der Waals surface area contributed by atoms with Crippen LogP contribution in [0.5, 0.6) is 0 Å². The summed E-state index contributed by atoms with van der Waals surface area (Å²) in [5.41, 5.74) is -0.561. The summed E-state index contributed by atoms with van der Waals surface area (Å²) in [6.45, 7) is 4.95. The molecule has 1 aromatic rings. The van der Waals surface area contributed by atoms with Gasteiger partial charge in [-0.3, -0.25) is 0 Å². The van der Waals surface area contributed by atoms with Gasteiger partial charge in [0.25, 0.3) is 6.43 Å². The van der Waals surface area contributed by atoms with Crippen LogP contribution in [-0.2, 0) is 5.67 Å². The molecule has 19 heavy (non-hydrogen) atoms. The van der Waals surface area contributed by atoms with Gasteiger partial charge in [-0.05, 0) is 36.7 Å². The number of benzene rings is 1. The second-order valence-electron chi connectivity index (χ2n) is 5.04. The van der Waals surface area contributed by atoms with Crippen LogP contribution in [0.25, 0.3) is 0 Å². The van der Waals surface area contributed by atoms with E-state index in [0.29, 0.717) is 11.1 Å². The first-order valence-electron chi connectivity index (χ1n) is 6.53. The molecule has 106 valence electrons. The van der Waals surface area contributed by atoms with E-state index in [4.69, 9.17) is 0 Å². The number of hydrogen-bond acceptors (Lipinski definition) is 2. The molecular weight excluding hydrogens is 253 g/mol. The second-order valence-corrected chi connectivity index (χ2v) is 5.04. The molecule has 1 aromatic carbocycles. The lowest BCUT2D eigenvalue weighted by molar-refractivity contribution is 0.0881. The predicted octanol–water partition coefficient (Wildman–Crippen LogP) is 3.06. The fraction of sp³-hybridized carbons (Fsp3) is 0.571. The van der Waals surface area contributed by atoms with Crippen LogP contribution in [0.2, 0.25) is 0 Å². The number of nitrogens with one attached hydrogen (secondary N) is 2. The Morgan fingerprint density at radius 1 is 1.26 bits per heavy atom. The molecule has 0 bridgehead atoms. The average Bonchev–Trinajstić information content (AvgIpc) is 2.35. The van der Waals surface area contributed by atoms with Gasteiger partial charge in [0.2, 0.25) is 0 Å². The lowest BCUT2D eigenvalue weighted by Gasteiger charge is -2.36. The van der Waals surface area contributed by atoms with Gasteiger partial charge in [0.05, 0.1) is 0 Å². The summed E-state index contributed by atoms with van der Waals surface area (Å²) in [4.78, 5) is 0. The van der Waals surface area contributed by atoms with Gasteiger partial charge in [-0.15, -0.1) is 0 Å². The third-order valence-electron chi connectivity index (χ3n) is 3.57. The molecule has 1 aliphatic heterocycles. The van der Waals surface area contributed by atoms with Crippen LogP contribution in [0, 0.1) is 0 Å². The first-order valence-corrected chi connectivity index (χ1v) is 6.53. The maximum absolute atomic E-state index is 14.4. The summed E-state index contributed by atoms with van der Waals surface area (Å²) in [6.07, 6.45) is -2.58. The van der Waals surface area contributed by atoms with Crippen molar-refractivity contribution in [1.29, 1.82) is 0 Å². The first kappa shape index (κ1) is 14.3. The van der Waals surface area contributed by atoms with Crippen molar-refractivity contribution in [2.45, 2.75) is 32.0 Å². The molecule has 1 fully saturated rings. The van der Waals surface area contributed by atoms with Gasteiger partial charge in [0.15, 0.2) is 5.67 Å². The molecule has 5 heteroatoms. The fourth-order valence-corrected chi connectivity index (χ4v) is 2.28. The molecule has 1 atom stereocenters. The van der Waals surface area contributed by atoms with E-state index in [0.717, 1.165) is 6.54 Å². The molecule has 1 saturated heterocycles. The van der Waals surface area contributed by atoms with Crippen molar-refractivity contribution in [3.8, 4) is 0 Å². The van der Waals surface area contributed by atoms with Gasteiger partial charge >= 0.3 is 0 Å². The van der Waals surface area contributed by atoms with E-state index in [1.165, 1.54) is 12.1 Å². The normalized spacial score (nSPS) is 19.3. The molecule has 0 amide bonds. The molecule has 0 aromatic heterocycles. The Hall–Kier alpha value is -1.07. The van der Waals surface area contributed by atoms with E-state index in [2.05, 4.69) is 10.6 Å². The Bertz CT molecular complexity index is 444. The Balaban J connectivity index is 2.38. The van der Waals surface area contributed by atoms with Crippen molar-refractivity contribution in [3.63, 3.8) is 0 Å². The molecular formula is C14H19F3N2. The average molecular weight is 272 g/mol. The standard InChI is InChI=1S/C14H19F3N2/c1-3-19-9(2)10-4-11(13(15)16)6-12(5-10)14(17)7-18-8-14/h4-6,9,13,18-19H,3,7-8H2,1-2H3/t9-/m1/s1. The minimum absolute atomic E-state index is 0.0703. The van der Waals surface area contributed by atoms with Crippen LogP contribution in [0.3, 0.4) is 0 Å². The van der Waals surface area contributed by atoms with Gasteiger partial charge < -0.3 is 10.6 Å². The molecule has 1 heterocycles. The molecule has 0 saturated carbocycles. The SMILES string of the molecule is CCN[C@H](C)c1cc(C(F)F)cc(C2(F)CNC2)c1. The van der Waals surface area contributed by atoms with Crippen molar-refractivity contribution in [1.82, 2.24) is 10.6 Å². The lowest BCUT2D eigenvalue weighted by atomic mass is 9.87. The largest absolute Gasteiger partial charge is 0.310 e. The van der Waals surface area contributed by atoms with Crippen LogP contribution in [0.15, 0.2) is 18.2 Å². The van der Waals surface area contributed by atoms with Crippen LogP contribution in [0.1, 0.15) is 43.0 Å². The highest BCUT2D eigenvalue weighted by atomic mass is 19.3. The highest BCUT2D eigenvalue weighted by Crippen LogP contribution is 2.34. The molecule has 0 spiro atoms. The zero-order valence-corrected chi connectivity index (χ0v) is 11.1. The van der Waals surface area contributed by atoms with E-state index >= 15 is 0 Å². The first-order chi connectivity index (χ1) is 8.96. The molecule has 2 nitrogen and oxygen atoms in total. The molecule has 2 N–H and O–H groups in total. The third kappa shape index (κ3) is 2.92. The highest BCUT2D eigenvalue weighted by molar-refractivity contribution is 5.37. The quantitative estimate of drug-likeness (QED) is 0.861. The Morgan fingerprint density at radius 3 is 2.37 bits per heavy atom. The minimum atomic E-state index is -2.58. The number of rotatable bonds is 5. The van der Waals surface area contributed by atoms with Gasteiger partial charge in [0, 0.05) is 24.7 Å². The van der Waals surface area contributed by atoms with Crippen molar-refractivity contribution in [2.24, 2.45) is 0 Å². The van der Waals surface area contributed by atoms with Crippen molar-refractivity contribution < 1.29 is 13.2 Å². The summed E-state index contributed by atoms with van der Waals surface area (Å²) in [7, 11) is 0. The van der Waals surface area contributed by atoms with Gasteiger partial charge in [0.1, 0.15) is 0 Å². The van der Waals surface area contributed by atoms with Crippen LogP contribution >= 0.6 is 0 Å². The zero-order valence-electron chi connectivity index (χ0n) is 11.1. The molecule has 0 unspecified atom stereocenters. The zero-order chi connectivity index (χ0) is 14.0. The topological polar surface area (TPSA) is 24.1 Å². The Morgan fingerprint density at radius 2 is 1.89 bits per heavy atom. The molecule has 0 radical (unpaired) electrons. The van der Waals surface area contributed by atoms with Crippen molar-refractivity contribution >= 4 is 0 Å². The van der Waals surface area contributed by atoms with Gasteiger partial charge in [-0.2, -0.15) is 0 Å². The van der Waals surface area contributed by atoms with Crippen molar-refractivity contribution in [3.05, 3.63) is 34.9 Å². The predicted molar refractivity (Wildman–Crippen MR) is 69.1 cm³/mol. The van der Waals surface area contributed by atoms with Crippen LogP contribution < -0.4 is 10.6 Å². The number of hydrogen-bond donors (Lipinski definition) is 2. The molecule has 2 rings (SSSR count). The van der Waals surface area contributed by atoms with Crippen LogP contribution in [-0.4, -0.2) is 19.6 Å². The monoisotopic (exact) mass is 272 g/mol. The maximum atomic E-state index is 14.4. The molecule has 1 aliphatic rings. The second kappa shape index (κ2) is 5.51. The maximum Gasteiger partial charge on any atom is 0.263 e. The fourth-order valence-electron chi connectivity index (χ4n) is 2.28. The Labute approximate surface area is 111 Å². The van der Waals surface area contributed by atoms with E-state index in [1.807, 2.05) is 13.8 Å². The lowest BCUT2D eigenvalue weighted by Crippen LogP contribution is -2.53. The Kier molecular flexibility index (Phi) is 4.16. The van der Waals surface area contributed by atoms with Gasteiger partial charge in [-0.25, -0.2) is 13.2 Å². The third-order valence-corrected chi connectivity index (χ3v) is 3.57. The van der Waals surface area contributed by atoms with E-state index in [-0.39, 0.29) is 24.7 Å². The van der Waals surface area contributed by atoms with E-state index in [9.17, 15) is 13.2 Å². The summed E-state index contributed by atoms with van der Waals surface area (Å²) in [5, 5.41) is 6.00. The smallest absolute Gasteiger partial charge is 0.263 e.